The van der Waals surface area contributed by atoms with Gasteiger partial charge in [-0.15, -0.1) is 11.6 Å². The molecule has 1 heterocycles. The van der Waals surface area contributed by atoms with E-state index in [-0.39, 0.29) is 11.6 Å². The number of unbranched alkanes of at least 4 members (excludes halogenated alkanes) is 9. The Hall–Kier alpha value is -0.700. The van der Waals surface area contributed by atoms with Crippen LogP contribution in [0.4, 0.5) is 0 Å². The molecule has 3 nitrogen and oxygen atoms in total. The first-order valence-corrected chi connectivity index (χ1v) is 8.56. The fraction of sp³-hybridized carbons (Fsp3) is 0.812. The standard InChI is InChI=1S/C16H28ClNO2/c1-2-3-4-5-6-7-8-9-10-11-12-18-14-15(13-17)20-16(18)19/h14H,2-13H2,1H3. The van der Waals surface area contributed by atoms with Crippen molar-refractivity contribution < 1.29 is 4.42 Å². The average molecular weight is 302 g/mol. The second-order valence-electron chi connectivity index (χ2n) is 5.47. The molecule has 0 spiro atoms. The van der Waals surface area contributed by atoms with Crippen LogP contribution in [-0.2, 0) is 12.4 Å². The molecule has 0 radical (unpaired) electrons. The van der Waals surface area contributed by atoms with Gasteiger partial charge in [-0.05, 0) is 6.42 Å². The smallest absolute Gasteiger partial charge is 0.412 e. The highest BCUT2D eigenvalue weighted by Crippen LogP contribution is 2.11. The first-order valence-electron chi connectivity index (χ1n) is 8.03. The molecule has 4 heteroatoms. The monoisotopic (exact) mass is 301 g/mol. The zero-order chi connectivity index (χ0) is 14.6. The number of alkyl halides is 1. The molecule has 0 amide bonds. The quantitative estimate of drug-likeness (QED) is 0.397. The van der Waals surface area contributed by atoms with Crippen LogP contribution in [0, 0.1) is 0 Å². The lowest BCUT2D eigenvalue weighted by Crippen LogP contribution is -2.13. The van der Waals surface area contributed by atoms with Gasteiger partial charge in [0.15, 0.2) is 0 Å². The molecule has 0 aliphatic carbocycles. The Labute approximate surface area is 127 Å². The van der Waals surface area contributed by atoms with Crippen LogP contribution in [-0.4, -0.2) is 4.57 Å². The third-order valence-corrected chi connectivity index (χ3v) is 3.90. The Morgan fingerprint density at radius 3 is 2.05 bits per heavy atom. The van der Waals surface area contributed by atoms with Crippen molar-refractivity contribution in [2.24, 2.45) is 0 Å². The molecule has 1 aromatic heterocycles. The summed E-state index contributed by atoms with van der Waals surface area (Å²) >= 11 is 5.63. The highest BCUT2D eigenvalue weighted by Gasteiger charge is 2.03. The third-order valence-electron chi connectivity index (χ3n) is 3.64. The van der Waals surface area contributed by atoms with E-state index < -0.39 is 0 Å². The summed E-state index contributed by atoms with van der Waals surface area (Å²) in [5.74, 6) is 0.542. The van der Waals surface area contributed by atoms with E-state index in [1.54, 1.807) is 10.8 Å². The van der Waals surface area contributed by atoms with Gasteiger partial charge in [-0.2, -0.15) is 0 Å². The molecule has 20 heavy (non-hydrogen) atoms. The maximum atomic E-state index is 11.4. The van der Waals surface area contributed by atoms with Gasteiger partial charge in [-0.3, -0.25) is 4.57 Å². The average Bonchev–Trinajstić information content (AvgIpc) is 2.81. The second-order valence-corrected chi connectivity index (χ2v) is 5.74. The predicted molar refractivity (Wildman–Crippen MR) is 84.4 cm³/mol. The van der Waals surface area contributed by atoms with Gasteiger partial charge in [0.1, 0.15) is 5.76 Å². The van der Waals surface area contributed by atoms with Crippen molar-refractivity contribution in [3.63, 3.8) is 0 Å². The lowest BCUT2D eigenvalue weighted by Gasteiger charge is -2.02. The van der Waals surface area contributed by atoms with Crippen LogP contribution in [0.5, 0.6) is 0 Å². The molecule has 1 aromatic rings. The Morgan fingerprint density at radius 1 is 1.00 bits per heavy atom. The molecule has 0 fully saturated rings. The molecule has 0 saturated heterocycles. The fourth-order valence-electron chi connectivity index (χ4n) is 2.41. The zero-order valence-electron chi connectivity index (χ0n) is 12.7. The van der Waals surface area contributed by atoms with Crippen LogP contribution in [0.2, 0.25) is 0 Å². The molecule has 0 bridgehead atoms. The number of hydrogen-bond donors (Lipinski definition) is 0. The number of nitrogens with zero attached hydrogens (tertiary/aromatic N) is 1. The fourth-order valence-corrected chi connectivity index (χ4v) is 2.53. The Kier molecular flexibility index (Phi) is 9.56. The van der Waals surface area contributed by atoms with E-state index in [9.17, 15) is 4.79 Å². The van der Waals surface area contributed by atoms with E-state index in [1.807, 2.05) is 0 Å². The van der Waals surface area contributed by atoms with Gasteiger partial charge in [0, 0.05) is 6.54 Å². The maximum absolute atomic E-state index is 11.4. The summed E-state index contributed by atoms with van der Waals surface area (Å²) in [6.07, 6.45) is 14.7. The number of hydrogen-bond acceptors (Lipinski definition) is 2. The van der Waals surface area contributed by atoms with E-state index in [0.29, 0.717) is 5.76 Å². The van der Waals surface area contributed by atoms with Gasteiger partial charge >= 0.3 is 5.76 Å². The minimum absolute atomic E-state index is 0.264. The minimum Gasteiger partial charge on any atom is -0.412 e. The zero-order valence-corrected chi connectivity index (χ0v) is 13.5. The molecule has 0 aliphatic heterocycles. The maximum Gasteiger partial charge on any atom is 0.419 e. The number of oxazole rings is 1. The highest BCUT2D eigenvalue weighted by atomic mass is 35.5. The predicted octanol–water partition coefficient (Wildman–Crippen LogP) is 5.10. The topological polar surface area (TPSA) is 35.1 Å². The van der Waals surface area contributed by atoms with Crippen LogP contribution in [0.25, 0.3) is 0 Å². The number of aryl methyl sites for hydroxylation is 1. The summed E-state index contributed by atoms with van der Waals surface area (Å²) in [5.41, 5.74) is 0. The van der Waals surface area contributed by atoms with Crippen LogP contribution >= 0.6 is 11.6 Å². The van der Waals surface area contributed by atoms with Crippen molar-refractivity contribution in [2.45, 2.75) is 83.6 Å². The molecule has 0 atom stereocenters. The van der Waals surface area contributed by atoms with Gasteiger partial charge in [0.2, 0.25) is 0 Å². The first kappa shape index (κ1) is 17.4. The normalized spacial score (nSPS) is 11.1. The SMILES string of the molecule is CCCCCCCCCCCCn1cc(CCl)oc1=O. The number of rotatable bonds is 12. The third kappa shape index (κ3) is 7.18. The van der Waals surface area contributed by atoms with Gasteiger partial charge in [0.05, 0.1) is 12.1 Å². The minimum atomic E-state index is -0.281. The van der Waals surface area contributed by atoms with Crippen LogP contribution in [0.1, 0.15) is 76.9 Å². The van der Waals surface area contributed by atoms with E-state index in [4.69, 9.17) is 16.0 Å². The van der Waals surface area contributed by atoms with Crippen molar-refractivity contribution in [1.29, 1.82) is 0 Å². The summed E-state index contributed by atoms with van der Waals surface area (Å²) in [5, 5.41) is 0. The summed E-state index contributed by atoms with van der Waals surface area (Å²) < 4.78 is 6.61. The van der Waals surface area contributed by atoms with Gasteiger partial charge in [-0.25, -0.2) is 4.79 Å². The highest BCUT2D eigenvalue weighted by molar-refractivity contribution is 6.16. The molecule has 0 N–H and O–H groups in total. The Balaban J connectivity index is 1.96. The molecular formula is C16H28ClNO2. The summed E-state index contributed by atoms with van der Waals surface area (Å²) in [7, 11) is 0. The first-order chi connectivity index (χ1) is 9.77. The molecule has 0 saturated carbocycles. The van der Waals surface area contributed by atoms with E-state index in [0.717, 1.165) is 13.0 Å². The van der Waals surface area contributed by atoms with Crippen LogP contribution in [0.3, 0.4) is 0 Å². The number of aromatic nitrogens is 1. The lowest BCUT2D eigenvalue weighted by molar-refractivity contribution is 0.447. The Bertz CT molecular complexity index is 397. The van der Waals surface area contributed by atoms with Crippen LogP contribution < -0.4 is 5.76 Å². The van der Waals surface area contributed by atoms with E-state index in [2.05, 4.69) is 6.92 Å². The molecular weight excluding hydrogens is 274 g/mol. The van der Waals surface area contributed by atoms with Gasteiger partial charge in [0.25, 0.3) is 0 Å². The summed E-state index contributed by atoms with van der Waals surface area (Å²) in [4.78, 5) is 11.4. The lowest BCUT2D eigenvalue weighted by atomic mass is 10.1. The largest absolute Gasteiger partial charge is 0.419 e. The molecule has 1 rings (SSSR count). The molecule has 0 unspecified atom stereocenters. The van der Waals surface area contributed by atoms with E-state index in [1.165, 1.54) is 57.8 Å². The summed E-state index contributed by atoms with van der Waals surface area (Å²) in [6.45, 7) is 3.00. The van der Waals surface area contributed by atoms with E-state index >= 15 is 0 Å². The van der Waals surface area contributed by atoms with Crippen LogP contribution in [0.15, 0.2) is 15.4 Å². The Morgan fingerprint density at radius 2 is 1.55 bits per heavy atom. The van der Waals surface area contributed by atoms with Crippen molar-refractivity contribution in [3.8, 4) is 0 Å². The van der Waals surface area contributed by atoms with Gasteiger partial charge < -0.3 is 4.42 Å². The number of halogens is 1. The second kappa shape index (κ2) is 11.0. The molecule has 0 aliphatic rings. The van der Waals surface area contributed by atoms with Gasteiger partial charge in [-0.1, -0.05) is 64.7 Å². The molecule has 116 valence electrons. The molecule has 0 aromatic carbocycles. The summed E-state index contributed by atoms with van der Waals surface area (Å²) in [6, 6.07) is 0. The van der Waals surface area contributed by atoms with Crippen molar-refractivity contribution in [1.82, 2.24) is 4.57 Å². The van der Waals surface area contributed by atoms with Crippen molar-refractivity contribution >= 4 is 11.6 Å². The van der Waals surface area contributed by atoms with Crippen molar-refractivity contribution in [3.05, 3.63) is 22.5 Å². The van der Waals surface area contributed by atoms with Crippen molar-refractivity contribution in [2.75, 3.05) is 0 Å².